The maximum Gasteiger partial charge on any atom is 3.00 e. The predicted molar refractivity (Wildman–Crippen MR) is 88.6 cm³/mol. The van der Waals surface area contributed by atoms with Gasteiger partial charge in [-0.15, -0.1) is 0 Å². The number of hydrogen-bond acceptors (Lipinski definition) is 0. The largest absolute Gasteiger partial charge is 3.00 e. The average Bonchev–Trinajstić information content (AvgIpc) is 0. The van der Waals surface area contributed by atoms with Crippen LogP contribution in [0.2, 0.25) is 0 Å². The first kappa shape index (κ1) is 206. The maximum absolute atomic E-state index is 0. The Kier molecular flexibility index (Phi) is 2100. The molecule has 4 radical (unpaired) electrons. The van der Waals surface area contributed by atoms with E-state index >= 15 is 0 Å². The third-order valence-corrected chi connectivity index (χ3v) is 0. The molecular formula is Cu4In4S5Se5. The van der Waals surface area contributed by atoms with Crippen molar-refractivity contribution >= 4 is 256 Å². The molecule has 0 saturated carbocycles. The molecule has 18 heteroatoms. The van der Waals surface area contributed by atoms with Gasteiger partial charge >= 0.3 is 172 Å². The second-order valence-corrected chi connectivity index (χ2v) is 0. The normalized spacial score (nSPS) is 0. The zero-order valence-electron chi connectivity index (χ0n) is 7.60. The minimum Gasteiger partial charge on any atom is -2.00 e. The SMILES string of the molecule is [Cu+2].[Cu+2].[Cu+2].[Cu+2].[In+3].[In+3].[In+3].[In+3].[S-2].[S-2].[S-2].[S-2].[S-2].[Se-2].[Se-2].[Se-2].[Se-2].[Se-2]. The Labute approximate surface area is 316 Å². The molecule has 0 aromatic heterocycles. The molecule has 0 aliphatic heterocycles. The summed E-state index contributed by atoms with van der Waals surface area (Å²) in [5, 5.41) is 0. The number of rotatable bonds is 0. The topological polar surface area (TPSA) is 0 Å². The van der Waals surface area contributed by atoms with E-state index in [0.29, 0.717) is 0 Å². The third kappa shape index (κ3) is 164. The van der Waals surface area contributed by atoms with Gasteiger partial charge in [0.15, 0.2) is 0 Å². The van der Waals surface area contributed by atoms with Gasteiger partial charge in [0.2, 0.25) is 0 Å². The average molecular weight is 1270 g/mol. The van der Waals surface area contributed by atoms with Gasteiger partial charge in [0.1, 0.15) is 0 Å². The van der Waals surface area contributed by atoms with Crippen molar-refractivity contribution < 1.29 is 68.3 Å². The molecular weight excluding hydrogens is 1270 g/mol. The van der Waals surface area contributed by atoms with Crippen LogP contribution in [0.5, 0.6) is 0 Å². The smallest absolute Gasteiger partial charge is 2.00 e. The first-order chi connectivity index (χ1) is 0. The van der Waals surface area contributed by atoms with Crippen LogP contribution in [0.4, 0.5) is 0 Å². The van der Waals surface area contributed by atoms with E-state index in [-0.39, 0.29) is 324 Å². The van der Waals surface area contributed by atoms with Gasteiger partial charge < -0.3 is 153 Å². The molecule has 116 valence electrons. The monoisotopic (exact) mass is 1270 g/mol. The van der Waals surface area contributed by atoms with Crippen LogP contribution in [-0.4, -0.2) is 189 Å². The Balaban J connectivity index is 0. The third-order valence-electron chi connectivity index (χ3n) is 0. The van der Waals surface area contributed by atoms with Crippen molar-refractivity contribution in [2.24, 2.45) is 0 Å². The van der Waals surface area contributed by atoms with Crippen LogP contribution in [0.3, 0.4) is 0 Å². The molecule has 0 fully saturated rings. The minimum atomic E-state index is 0. The molecule has 0 heterocycles. The second kappa shape index (κ2) is 184. The van der Waals surface area contributed by atoms with E-state index in [1.165, 1.54) is 0 Å². The fourth-order valence-corrected chi connectivity index (χ4v) is 0. The summed E-state index contributed by atoms with van der Waals surface area (Å²) in [5.74, 6) is 0. The van der Waals surface area contributed by atoms with Crippen LogP contribution < -0.4 is 0 Å². The Bertz CT molecular complexity index is 35.8. The summed E-state index contributed by atoms with van der Waals surface area (Å²) in [5.41, 5.74) is 0. The van der Waals surface area contributed by atoms with Crippen LogP contribution >= 0.6 is 0 Å². The molecule has 0 rings (SSSR count). The molecule has 0 aliphatic carbocycles. The zero-order valence-corrected chi connectivity index (χ0v) is 37.2. The summed E-state index contributed by atoms with van der Waals surface area (Å²) in [4.78, 5) is 0. The van der Waals surface area contributed by atoms with Crippen molar-refractivity contribution in [3.63, 3.8) is 0 Å². The molecule has 0 N–H and O–H groups in total. The quantitative estimate of drug-likeness (QED) is 0.222. The van der Waals surface area contributed by atoms with Crippen LogP contribution in [0.1, 0.15) is 0 Å². The standard InChI is InChI=1S/4Cu.4In.5S.5Se/q4*+2;4*+3;10*-2. The van der Waals surface area contributed by atoms with Gasteiger partial charge in [0.25, 0.3) is 0 Å². The van der Waals surface area contributed by atoms with E-state index in [4.69, 9.17) is 0 Å². The predicted octanol–water partition coefficient (Wildman–Crippen LogP) is -3.45. The van der Waals surface area contributed by atoms with E-state index in [1.807, 2.05) is 0 Å². The van der Waals surface area contributed by atoms with Crippen molar-refractivity contribution in [1.82, 2.24) is 0 Å². The fraction of sp³-hybridized carbons (Fsp3) is 0. The van der Waals surface area contributed by atoms with E-state index in [2.05, 4.69) is 0 Å². The first-order valence-electron chi connectivity index (χ1n) is 0. The molecule has 0 nitrogen and oxygen atoms in total. The fourth-order valence-electron chi connectivity index (χ4n) is 0. The molecule has 0 aliphatic rings. The van der Waals surface area contributed by atoms with E-state index in [1.54, 1.807) is 0 Å². The minimum absolute atomic E-state index is 0. The summed E-state index contributed by atoms with van der Waals surface area (Å²) in [6, 6.07) is 0. The van der Waals surface area contributed by atoms with Gasteiger partial charge in [-0.2, -0.15) is 0 Å². The van der Waals surface area contributed by atoms with E-state index < -0.39 is 0 Å². The van der Waals surface area contributed by atoms with Gasteiger partial charge in [-0.3, -0.25) is 0 Å². The molecule has 0 aromatic rings. The summed E-state index contributed by atoms with van der Waals surface area (Å²) >= 11 is 0. The second-order valence-electron chi connectivity index (χ2n) is 0. The van der Waals surface area contributed by atoms with Crippen molar-refractivity contribution in [1.29, 1.82) is 0 Å². The Hall–Kier alpha value is 9.91. The Morgan fingerprint density at radius 1 is 0.222 bits per heavy atom. The first-order valence-corrected chi connectivity index (χ1v) is 0. The van der Waals surface area contributed by atoms with Crippen molar-refractivity contribution in [2.75, 3.05) is 0 Å². The van der Waals surface area contributed by atoms with Gasteiger partial charge in [-0.1, -0.05) is 0 Å². The van der Waals surface area contributed by atoms with Crippen LogP contribution in [-0.2, 0) is 136 Å². The van der Waals surface area contributed by atoms with Gasteiger partial charge in [0.05, 0.1) is 0 Å². The van der Waals surface area contributed by atoms with Crippen molar-refractivity contribution in [2.45, 2.75) is 0 Å². The molecule has 0 aromatic carbocycles. The Morgan fingerprint density at radius 2 is 0.222 bits per heavy atom. The van der Waals surface area contributed by atoms with E-state index in [9.17, 15) is 0 Å². The molecule has 0 bridgehead atoms. The summed E-state index contributed by atoms with van der Waals surface area (Å²) < 4.78 is 0. The van der Waals surface area contributed by atoms with E-state index in [0.717, 1.165) is 0 Å². The summed E-state index contributed by atoms with van der Waals surface area (Å²) in [6.45, 7) is 0. The Morgan fingerprint density at radius 3 is 0.222 bits per heavy atom. The molecule has 18 heavy (non-hydrogen) atoms. The summed E-state index contributed by atoms with van der Waals surface area (Å²) in [6.07, 6.45) is 0. The molecule has 0 amide bonds. The molecule has 0 spiro atoms. The zero-order chi connectivity index (χ0) is 0. The van der Waals surface area contributed by atoms with Crippen molar-refractivity contribution in [3.8, 4) is 0 Å². The number of hydrogen-bond donors (Lipinski definition) is 0. The van der Waals surface area contributed by atoms with Crippen LogP contribution in [0, 0.1) is 0 Å². The molecule has 0 unspecified atom stereocenters. The maximum atomic E-state index is 0. The molecule has 0 atom stereocenters. The van der Waals surface area contributed by atoms with Crippen LogP contribution in [0.25, 0.3) is 0 Å². The summed E-state index contributed by atoms with van der Waals surface area (Å²) in [7, 11) is 0. The van der Waals surface area contributed by atoms with Gasteiger partial charge in [-0.05, 0) is 0 Å². The molecule has 0 saturated heterocycles. The van der Waals surface area contributed by atoms with Crippen LogP contribution in [0.15, 0.2) is 0 Å². The van der Waals surface area contributed by atoms with Gasteiger partial charge in [-0.25, -0.2) is 0 Å². The van der Waals surface area contributed by atoms with Gasteiger partial charge in [0, 0.05) is 0 Å². The van der Waals surface area contributed by atoms with Crippen molar-refractivity contribution in [3.05, 3.63) is 0 Å².